The van der Waals surface area contributed by atoms with E-state index in [4.69, 9.17) is 4.52 Å². The summed E-state index contributed by atoms with van der Waals surface area (Å²) in [5, 5.41) is -0.737. The first-order valence-electron chi connectivity index (χ1n) is 7.47. The summed E-state index contributed by atoms with van der Waals surface area (Å²) in [7, 11) is -2.84. The molecule has 0 atom stereocenters. The van der Waals surface area contributed by atoms with Crippen LogP contribution in [0.1, 0.15) is 59.1 Å². The van der Waals surface area contributed by atoms with Crippen LogP contribution in [0.25, 0.3) is 0 Å². The van der Waals surface area contributed by atoms with Crippen LogP contribution in [0.3, 0.4) is 0 Å². The zero-order valence-corrected chi connectivity index (χ0v) is 14.5. The van der Waals surface area contributed by atoms with Crippen LogP contribution in [-0.2, 0) is 17.4 Å². The fourth-order valence-electron chi connectivity index (χ4n) is 3.09. The fourth-order valence-corrected chi connectivity index (χ4v) is 6.10. The van der Waals surface area contributed by atoms with Gasteiger partial charge in [-0.05, 0) is 36.5 Å². The Bertz CT molecular complexity index is 529. The molecule has 2 nitrogen and oxygen atoms in total. The van der Waals surface area contributed by atoms with Crippen molar-refractivity contribution in [1.29, 1.82) is 0 Å². The van der Waals surface area contributed by atoms with Crippen molar-refractivity contribution in [3.63, 3.8) is 0 Å². The molecule has 0 radical (unpaired) electrons. The predicted octanol–water partition coefficient (Wildman–Crippen LogP) is 5.43. The molecule has 2 rings (SSSR count). The van der Waals surface area contributed by atoms with Crippen molar-refractivity contribution in [3.05, 3.63) is 29.3 Å². The Hall–Kier alpha value is -0.750. The third kappa shape index (κ3) is 2.55. The first kappa shape index (κ1) is 15.6. The molecule has 0 saturated heterocycles. The Morgan fingerprint density at radius 2 is 1.60 bits per heavy atom. The van der Waals surface area contributed by atoms with Gasteiger partial charge in [0.1, 0.15) is 5.75 Å². The summed E-state index contributed by atoms with van der Waals surface area (Å²) in [5.41, 5.74) is 2.62. The minimum absolute atomic E-state index is 0.368. The Kier molecular flexibility index (Phi) is 3.84. The van der Waals surface area contributed by atoms with Crippen LogP contribution >= 0.6 is 7.37 Å². The lowest BCUT2D eigenvalue weighted by molar-refractivity contribution is 0.416. The topological polar surface area (TPSA) is 26.3 Å². The molecule has 0 saturated carbocycles. The zero-order chi connectivity index (χ0) is 15.2. The molecular weight excluding hydrogens is 267 g/mol. The van der Waals surface area contributed by atoms with Crippen LogP contribution in [0.2, 0.25) is 0 Å². The third-order valence-corrected chi connectivity index (χ3v) is 8.08. The molecule has 0 bridgehead atoms. The summed E-state index contributed by atoms with van der Waals surface area (Å²) in [6, 6.07) is 6.16. The minimum atomic E-state index is -2.84. The van der Waals surface area contributed by atoms with Gasteiger partial charge in [0.15, 0.2) is 0 Å². The number of fused-ring (bicyclic) bond motifs is 1. The van der Waals surface area contributed by atoms with Gasteiger partial charge in [-0.1, -0.05) is 53.7 Å². The Morgan fingerprint density at radius 1 is 1.00 bits per heavy atom. The molecular formula is C17H27O2P. The molecule has 0 aromatic heterocycles. The van der Waals surface area contributed by atoms with Gasteiger partial charge < -0.3 is 4.52 Å². The molecule has 0 aliphatic heterocycles. The molecule has 1 aromatic carbocycles. The second-order valence-corrected chi connectivity index (χ2v) is 11.7. The molecule has 0 fully saturated rings. The molecule has 0 unspecified atom stereocenters. The average Bonchev–Trinajstić information content (AvgIpc) is 2.74. The molecule has 0 heterocycles. The van der Waals surface area contributed by atoms with Crippen molar-refractivity contribution in [2.45, 2.75) is 71.1 Å². The maximum absolute atomic E-state index is 13.6. The summed E-state index contributed by atoms with van der Waals surface area (Å²) in [5.74, 6) is 0.841. The lowest BCUT2D eigenvalue weighted by Crippen LogP contribution is -2.31. The van der Waals surface area contributed by atoms with Crippen molar-refractivity contribution in [2.75, 3.05) is 0 Å². The molecule has 1 aliphatic carbocycles. The fraction of sp³-hybridized carbons (Fsp3) is 0.647. The molecule has 1 aliphatic rings. The largest absolute Gasteiger partial charge is 0.442 e. The highest BCUT2D eigenvalue weighted by molar-refractivity contribution is 7.62. The maximum Gasteiger partial charge on any atom is 0.258 e. The summed E-state index contributed by atoms with van der Waals surface area (Å²) in [4.78, 5) is 0. The van der Waals surface area contributed by atoms with Crippen molar-refractivity contribution in [2.24, 2.45) is 0 Å². The maximum atomic E-state index is 13.6. The van der Waals surface area contributed by atoms with Gasteiger partial charge in [-0.3, -0.25) is 4.57 Å². The molecule has 3 heteroatoms. The highest BCUT2D eigenvalue weighted by atomic mass is 31.2. The van der Waals surface area contributed by atoms with Crippen molar-refractivity contribution in [3.8, 4) is 5.75 Å². The molecule has 112 valence electrons. The molecule has 20 heavy (non-hydrogen) atoms. The van der Waals surface area contributed by atoms with Gasteiger partial charge in [-0.25, -0.2) is 0 Å². The molecule has 0 spiro atoms. The quantitative estimate of drug-likeness (QED) is 0.680. The van der Waals surface area contributed by atoms with E-state index in [0.717, 1.165) is 18.6 Å². The highest BCUT2D eigenvalue weighted by Crippen LogP contribution is 2.67. The zero-order valence-electron chi connectivity index (χ0n) is 13.6. The van der Waals surface area contributed by atoms with Gasteiger partial charge in [-0.15, -0.1) is 0 Å². The second kappa shape index (κ2) is 4.91. The summed E-state index contributed by atoms with van der Waals surface area (Å²) < 4.78 is 19.8. The van der Waals surface area contributed by atoms with E-state index in [0.29, 0.717) is 0 Å². The third-order valence-electron chi connectivity index (χ3n) is 4.10. The van der Waals surface area contributed by atoms with Gasteiger partial charge in [0.25, 0.3) is 7.37 Å². The number of hydrogen-bond acceptors (Lipinski definition) is 2. The molecule has 0 amide bonds. The summed E-state index contributed by atoms with van der Waals surface area (Å²) >= 11 is 0. The number of benzene rings is 1. The Balaban J connectivity index is 2.46. The van der Waals surface area contributed by atoms with E-state index in [9.17, 15) is 4.57 Å². The Labute approximate surface area is 123 Å². The normalized spacial score (nSPS) is 16.1. The lowest BCUT2D eigenvalue weighted by Gasteiger charge is -2.40. The second-order valence-electron chi connectivity index (χ2n) is 7.73. The standard InChI is InChI=1S/C17H27O2P/c1-16(2,3)20(18,17(4,5)6)19-15-12-8-10-13-9-7-11-14(13)15/h8,10,12H,7,9,11H2,1-6H3. The van der Waals surface area contributed by atoms with Crippen LogP contribution in [0.4, 0.5) is 0 Å². The van der Waals surface area contributed by atoms with Crippen LogP contribution in [-0.4, -0.2) is 10.3 Å². The predicted molar refractivity (Wildman–Crippen MR) is 86.2 cm³/mol. The minimum Gasteiger partial charge on any atom is -0.442 e. The van der Waals surface area contributed by atoms with E-state index >= 15 is 0 Å². The smallest absolute Gasteiger partial charge is 0.258 e. The first-order valence-corrected chi connectivity index (χ1v) is 9.09. The molecule has 0 N–H and O–H groups in total. The monoisotopic (exact) mass is 294 g/mol. The number of hydrogen-bond donors (Lipinski definition) is 0. The van der Waals surface area contributed by atoms with E-state index < -0.39 is 7.37 Å². The highest BCUT2D eigenvalue weighted by Gasteiger charge is 2.49. The lowest BCUT2D eigenvalue weighted by atomic mass is 10.1. The van der Waals surface area contributed by atoms with E-state index in [-0.39, 0.29) is 10.3 Å². The van der Waals surface area contributed by atoms with Gasteiger partial charge in [0.2, 0.25) is 0 Å². The van der Waals surface area contributed by atoms with Crippen LogP contribution in [0.15, 0.2) is 18.2 Å². The molecule has 1 aromatic rings. The average molecular weight is 294 g/mol. The van der Waals surface area contributed by atoms with E-state index in [1.54, 1.807) is 0 Å². The number of aryl methyl sites for hydroxylation is 1. The van der Waals surface area contributed by atoms with Crippen LogP contribution in [0.5, 0.6) is 5.75 Å². The number of rotatable bonds is 2. The van der Waals surface area contributed by atoms with Gasteiger partial charge in [0.05, 0.1) is 0 Å². The van der Waals surface area contributed by atoms with Crippen molar-refractivity contribution >= 4 is 7.37 Å². The van der Waals surface area contributed by atoms with Crippen molar-refractivity contribution < 1.29 is 9.09 Å². The van der Waals surface area contributed by atoms with Crippen molar-refractivity contribution in [1.82, 2.24) is 0 Å². The van der Waals surface area contributed by atoms with Crippen LogP contribution < -0.4 is 4.52 Å². The van der Waals surface area contributed by atoms with Gasteiger partial charge in [0, 0.05) is 10.3 Å². The van der Waals surface area contributed by atoms with E-state index in [1.807, 2.05) is 53.7 Å². The van der Waals surface area contributed by atoms with Gasteiger partial charge >= 0.3 is 0 Å². The SMILES string of the molecule is CC(C)(C)P(=O)(Oc1cccc2c1CCC2)C(C)(C)C. The van der Waals surface area contributed by atoms with Crippen LogP contribution in [0, 0.1) is 0 Å². The Morgan fingerprint density at radius 3 is 2.15 bits per heavy atom. The summed E-state index contributed by atoms with van der Waals surface area (Å²) in [6.45, 7) is 12.1. The summed E-state index contributed by atoms with van der Waals surface area (Å²) in [6.07, 6.45) is 3.33. The van der Waals surface area contributed by atoms with E-state index in [2.05, 4.69) is 6.07 Å². The van der Waals surface area contributed by atoms with E-state index in [1.165, 1.54) is 17.5 Å². The van der Waals surface area contributed by atoms with Gasteiger partial charge in [-0.2, -0.15) is 0 Å². The first-order chi connectivity index (χ1) is 9.06.